The predicted molar refractivity (Wildman–Crippen MR) is 106 cm³/mol. The highest BCUT2D eigenvalue weighted by atomic mass is 16.5. The molecule has 2 N–H and O–H groups in total. The Morgan fingerprint density at radius 1 is 1.30 bits per heavy atom. The van der Waals surface area contributed by atoms with Crippen LogP contribution >= 0.6 is 0 Å². The first-order valence-electron chi connectivity index (χ1n) is 9.69. The summed E-state index contributed by atoms with van der Waals surface area (Å²) < 4.78 is 4.76. The van der Waals surface area contributed by atoms with Crippen molar-refractivity contribution >= 4 is 22.9 Å². The predicted octanol–water partition coefficient (Wildman–Crippen LogP) is 4.05. The van der Waals surface area contributed by atoms with Gasteiger partial charge in [-0.25, -0.2) is 4.98 Å². The van der Waals surface area contributed by atoms with E-state index < -0.39 is 0 Å². The van der Waals surface area contributed by atoms with Crippen molar-refractivity contribution < 1.29 is 14.3 Å². The number of ether oxygens (including phenoxy) is 1. The number of H-pyrrole nitrogens is 1. The van der Waals surface area contributed by atoms with Gasteiger partial charge in [0.15, 0.2) is 0 Å². The third-order valence-corrected chi connectivity index (χ3v) is 4.83. The van der Waals surface area contributed by atoms with Gasteiger partial charge in [0.1, 0.15) is 5.82 Å². The highest BCUT2D eigenvalue weighted by Crippen LogP contribution is 2.24. The molecule has 1 aromatic heterocycles. The van der Waals surface area contributed by atoms with E-state index in [1.165, 1.54) is 7.11 Å². The standard InChI is InChI=1S/C21H31N3O3/c1-6-7-8-15(12-18(25)27-5)21(26)24-19(13(2)3)20-22-16-10-9-14(4)11-17(16)23-20/h9-11,13,15,19H,6-8,12H2,1-5H3,(H,22,23)(H,24,26)/t15-,19+/m1/s1. The van der Waals surface area contributed by atoms with Gasteiger partial charge in [0, 0.05) is 5.92 Å². The normalized spacial score (nSPS) is 13.6. The van der Waals surface area contributed by atoms with E-state index in [1.807, 2.05) is 39.0 Å². The van der Waals surface area contributed by atoms with Gasteiger partial charge >= 0.3 is 5.97 Å². The minimum absolute atomic E-state index is 0.104. The minimum Gasteiger partial charge on any atom is -0.469 e. The van der Waals surface area contributed by atoms with Gasteiger partial charge in [-0.15, -0.1) is 0 Å². The third-order valence-electron chi connectivity index (χ3n) is 4.83. The van der Waals surface area contributed by atoms with Crippen LogP contribution in [0.2, 0.25) is 0 Å². The molecular weight excluding hydrogens is 342 g/mol. The van der Waals surface area contributed by atoms with Crippen LogP contribution in [0.15, 0.2) is 18.2 Å². The molecule has 2 rings (SSSR count). The first-order valence-corrected chi connectivity index (χ1v) is 9.69. The molecule has 148 valence electrons. The van der Waals surface area contributed by atoms with Gasteiger partial charge in [0.05, 0.1) is 30.6 Å². The van der Waals surface area contributed by atoms with Crippen molar-refractivity contribution in [2.24, 2.45) is 11.8 Å². The second-order valence-corrected chi connectivity index (χ2v) is 7.49. The minimum atomic E-state index is -0.384. The van der Waals surface area contributed by atoms with Crippen molar-refractivity contribution in [1.29, 1.82) is 0 Å². The highest BCUT2D eigenvalue weighted by molar-refractivity contribution is 5.84. The van der Waals surface area contributed by atoms with Crippen LogP contribution < -0.4 is 5.32 Å². The number of unbranched alkanes of at least 4 members (excludes halogenated alkanes) is 1. The summed E-state index contributed by atoms with van der Waals surface area (Å²) in [4.78, 5) is 32.6. The maximum atomic E-state index is 12.9. The van der Waals surface area contributed by atoms with Gasteiger partial charge in [0.25, 0.3) is 0 Å². The number of aromatic amines is 1. The van der Waals surface area contributed by atoms with E-state index in [1.54, 1.807) is 0 Å². The van der Waals surface area contributed by atoms with Crippen LogP contribution in [0.5, 0.6) is 0 Å². The van der Waals surface area contributed by atoms with Gasteiger partial charge in [-0.2, -0.15) is 0 Å². The lowest BCUT2D eigenvalue weighted by molar-refractivity contribution is -0.144. The van der Waals surface area contributed by atoms with Crippen molar-refractivity contribution in [3.05, 3.63) is 29.6 Å². The second-order valence-electron chi connectivity index (χ2n) is 7.49. The molecule has 0 saturated heterocycles. The molecular formula is C21H31N3O3. The molecule has 1 aromatic carbocycles. The Morgan fingerprint density at radius 2 is 2.04 bits per heavy atom. The van der Waals surface area contributed by atoms with E-state index in [0.717, 1.165) is 35.3 Å². The number of carbonyl (C=O) groups is 2. The number of methoxy groups -OCH3 is 1. The summed E-state index contributed by atoms with van der Waals surface area (Å²) in [6, 6.07) is 5.80. The summed E-state index contributed by atoms with van der Waals surface area (Å²) in [5, 5.41) is 3.11. The van der Waals surface area contributed by atoms with Crippen LogP contribution in [-0.4, -0.2) is 29.0 Å². The van der Waals surface area contributed by atoms with E-state index in [2.05, 4.69) is 22.2 Å². The van der Waals surface area contributed by atoms with E-state index >= 15 is 0 Å². The number of hydrogen-bond acceptors (Lipinski definition) is 4. The van der Waals surface area contributed by atoms with Gasteiger partial charge in [-0.1, -0.05) is 39.7 Å². The molecule has 0 bridgehead atoms. The van der Waals surface area contributed by atoms with Gasteiger partial charge in [-0.05, 0) is 37.0 Å². The van der Waals surface area contributed by atoms with Gasteiger partial charge < -0.3 is 15.0 Å². The number of imidazole rings is 1. The van der Waals surface area contributed by atoms with Crippen LogP contribution in [0, 0.1) is 18.8 Å². The Bertz CT molecular complexity index is 782. The molecule has 2 atom stereocenters. The van der Waals surface area contributed by atoms with Crippen LogP contribution in [0.4, 0.5) is 0 Å². The van der Waals surface area contributed by atoms with Crippen molar-refractivity contribution in [3.8, 4) is 0 Å². The number of nitrogens with zero attached hydrogens (tertiary/aromatic N) is 1. The number of nitrogens with one attached hydrogen (secondary N) is 2. The zero-order chi connectivity index (χ0) is 20.0. The Hall–Kier alpha value is -2.37. The Labute approximate surface area is 161 Å². The summed E-state index contributed by atoms with van der Waals surface area (Å²) in [5.41, 5.74) is 3.00. The Kier molecular flexibility index (Phi) is 7.39. The monoisotopic (exact) mass is 373 g/mol. The van der Waals surface area contributed by atoms with Crippen LogP contribution in [-0.2, 0) is 14.3 Å². The molecule has 0 radical (unpaired) electrons. The number of amides is 1. The number of benzene rings is 1. The number of hydrogen-bond donors (Lipinski definition) is 2. The van der Waals surface area contributed by atoms with Gasteiger partial charge in [-0.3, -0.25) is 9.59 Å². The van der Waals surface area contributed by atoms with Crippen LogP contribution in [0.25, 0.3) is 11.0 Å². The third kappa shape index (κ3) is 5.55. The molecule has 1 heterocycles. The zero-order valence-corrected chi connectivity index (χ0v) is 17.0. The number of esters is 1. The molecule has 0 aliphatic rings. The first kappa shape index (κ1) is 20.9. The van der Waals surface area contributed by atoms with Crippen molar-refractivity contribution in [2.75, 3.05) is 7.11 Å². The lowest BCUT2D eigenvalue weighted by Crippen LogP contribution is -2.37. The summed E-state index contributed by atoms with van der Waals surface area (Å²) >= 11 is 0. The average molecular weight is 373 g/mol. The SMILES string of the molecule is CCCC[C@H](CC(=O)OC)C(=O)N[C@H](c1nc2ccc(C)cc2[nH]1)C(C)C. The molecule has 1 amide bonds. The van der Waals surface area contributed by atoms with Crippen molar-refractivity contribution in [2.45, 2.75) is 59.4 Å². The fraction of sp³-hybridized carbons (Fsp3) is 0.571. The van der Waals surface area contributed by atoms with E-state index in [0.29, 0.717) is 6.42 Å². The molecule has 0 fully saturated rings. The first-order chi connectivity index (χ1) is 12.8. The quantitative estimate of drug-likeness (QED) is 0.649. The molecule has 0 aliphatic carbocycles. The number of carbonyl (C=O) groups excluding carboxylic acids is 2. The van der Waals surface area contributed by atoms with E-state index in [4.69, 9.17) is 4.74 Å². The van der Waals surface area contributed by atoms with Gasteiger partial charge in [0.2, 0.25) is 5.91 Å². The smallest absolute Gasteiger partial charge is 0.306 e. The van der Waals surface area contributed by atoms with E-state index in [9.17, 15) is 9.59 Å². The summed E-state index contributed by atoms with van der Waals surface area (Å²) in [5.74, 6) is 0.0350. The topological polar surface area (TPSA) is 84.1 Å². The molecule has 6 heteroatoms. The lowest BCUT2D eigenvalue weighted by Gasteiger charge is -2.23. The number of fused-ring (bicyclic) bond motifs is 1. The summed E-state index contributed by atoms with van der Waals surface area (Å²) in [6.07, 6.45) is 2.64. The van der Waals surface area contributed by atoms with E-state index in [-0.39, 0.29) is 36.2 Å². The Balaban J connectivity index is 2.21. The molecule has 27 heavy (non-hydrogen) atoms. The highest BCUT2D eigenvalue weighted by Gasteiger charge is 2.27. The second kappa shape index (κ2) is 9.53. The zero-order valence-electron chi connectivity index (χ0n) is 17.0. The molecule has 0 unspecified atom stereocenters. The van der Waals surface area contributed by atoms with Crippen molar-refractivity contribution in [3.63, 3.8) is 0 Å². The van der Waals surface area contributed by atoms with Crippen LogP contribution in [0.1, 0.15) is 63.9 Å². The van der Waals surface area contributed by atoms with Crippen molar-refractivity contribution in [1.82, 2.24) is 15.3 Å². The lowest BCUT2D eigenvalue weighted by atomic mass is 9.95. The number of rotatable bonds is 9. The summed E-state index contributed by atoms with van der Waals surface area (Å²) in [6.45, 7) is 8.20. The summed E-state index contributed by atoms with van der Waals surface area (Å²) in [7, 11) is 1.35. The fourth-order valence-electron chi connectivity index (χ4n) is 3.17. The largest absolute Gasteiger partial charge is 0.469 e. The average Bonchev–Trinajstić information content (AvgIpc) is 3.04. The Morgan fingerprint density at radius 3 is 2.67 bits per heavy atom. The number of aryl methyl sites for hydroxylation is 1. The molecule has 0 saturated carbocycles. The molecule has 6 nitrogen and oxygen atoms in total. The number of aromatic nitrogens is 2. The molecule has 0 spiro atoms. The maximum Gasteiger partial charge on any atom is 0.306 e. The maximum absolute atomic E-state index is 12.9. The van der Waals surface area contributed by atoms with Crippen LogP contribution in [0.3, 0.4) is 0 Å². The molecule has 0 aliphatic heterocycles. The molecule has 2 aromatic rings. The fourth-order valence-corrected chi connectivity index (χ4v) is 3.17.